The number of hydrogen-bond donors (Lipinski definition) is 1. The standard InChI is InChI=1S/C25H32F3N5O4S/c1-2-21(18-7-9-20(10-8-18)25(26,27)28)30-23(34)22-6-4-12-33(22)24(35)19-5-3-11-31(16-19)38(36,37)32-14-17(13-29)15-32/h7-10,17,19,21-22H,2-6,11-12,14-16H2,1H3,(H,30,34)/t19-,21+,22+/m0/s1. The highest BCUT2D eigenvalue weighted by Gasteiger charge is 2.44. The Labute approximate surface area is 220 Å². The molecule has 3 atom stereocenters. The van der Waals surface area contributed by atoms with Crippen LogP contribution in [0.3, 0.4) is 0 Å². The third kappa shape index (κ3) is 5.82. The lowest BCUT2D eigenvalue weighted by Crippen LogP contribution is -2.57. The van der Waals surface area contributed by atoms with Gasteiger partial charge in [-0.3, -0.25) is 9.59 Å². The summed E-state index contributed by atoms with van der Waals surface area (Å²) >= 11 is 0. The van der Waals surface area contributed by atoms with Crippen LogP contribution in [0.25, 0.3) is 0 Å². The van der Waals surface area contributed by atoms with Crippen molar-refractivity contribution in [1.29, 1.82) is 5.26 Å². The highest BCUT2D eigenvalue weighted by atomic mass is 32.2. The molecule has 0 aliphatic carbocycles. The summed E-state index contributed by atoms with van der Waals surface area (Å²) in [6, 6.07) is 5.50. The van der Waals surface area contributed by atoms with Gasteiger partial charge in [0, 0.05) is 32.7 Å². The molecule has 1 aromatic carbocycles. The zero-order valence-corrected chi connectivity index (χ0v) is 22.0. The summed E-state index contributed by atoms with van der Waals surface area (Å²) in [5, 5.41) is 11.8. The SMILES string of the molecule is CC[C@@H](NC(=O)[C@H]1CCCN1C(=O)[C@H]1CCCN(S(=O)(=O)N2CC(C#N)C2)C1)c1ccc(C(F)(F)F)cc1. The molecule has 3 heterocycles. The number of carbonyl (C=O) groups is 2. The molecule has 2 amide bonds. The second kappa shape index (κ2) is 11.2. The van der Waals surface area contributed by atoms with Crippen molar-refractivity contribution in [3.8, 4) is 6.07 Å². The number of benzene rings is 1. The lowest BCUT2D eigenvalue weighted by molar-refractivity contribution is -0.142. The molecule has 3 aliphatic heterocycles. The number of nitrogens with zero attached hydrogens (tertiary/aromatic N) is 4. The van der Waals surface area contributed by atoms with Crippen molar-refractivity contribution < 1.29 is 31.2 Å². The largest absolute Gasteiger partial charge is 0.416 e. The Balaban J connectivity index is 1.39. The van der Waals surface area contributed by atoms with Gasteiger partial charge in [0.05, 0.1) is 29.5 Å². The average molecular weight is 556 g/mol. The molecule has 4 rings (SSSR count). The Bertz CT molecular complexity index is 1180. The van der Waals surface area contributed by atoms with Gasteiger partial charge in [0.1, 0.15) is 6.04 Å². The van der Waals surface area contributed by atoms with Crippen LogP contribution < -0.4 is 5.32 Å². The third-order valence-corrected chi connectivity index (χ3v) is 9.56. The van der Waals surface area contributed by atoms with Crippen LogP contribution in [0.1, 0.15) is 56.2 Å². The summed E-state index contributed by atoms with van der Waals surface area (Å²) in [4.78, 5) is 28.2. The highest BCUT2D eigenvalue weighted by Crippen LogP contribution is 2.32. The lowest BCUT2D eigenvalue weighted by Gasteiger charge is -2.41. The van der Waals surface area contributed by atoms with E-state index in [9.17, 15) is 31.2 Å². The van der Waals surface area contributed by atoms with E-state index in [1.807, 2.05) is 6.92 Å². The molecular formula is C25H32F3N5O4S. The first-order chi connectivity index (χ1) is 18.0. The van der Waals surface area contributed by atoms with Crippen LogP contribution in [0.2, 0.25) is 0 Å². The molecule has 0 unspecified atom stereocenters. The normalized spacial score (nSPS) is 24.4. The van der Waals surface area contributed by atoms with E-state index in [4.69, 9.17) is 5.26 Å². The van der Waals surface area contributed by atoms with E-state index >= 15 is 0 Å². The minimum atomic E-state index is -4.45. The third-order valence-electron chi connectivity index (χ3n) is 7.62. The van der Waals surface area contributed by atoms with Crippen molar-refractivity contribution in [3.05, 3.63) is 35.4 Å². The molecule has 0 saturated carbocycles. The maximum Gasteiger partial charge on any atom is 0.416 e. The molecule has 1 aromatic rings. The van der Waals surface area contributed by atoms with Gasteiger partial charge in [0.15, 0.2) is 0 Å². The van der Waals surface area contributed by atoms with Crippen LogP contribution in [0.15, 0.2) is 24.3 Å². The summed E-state index contributed by atoms with van der Waals surface area (Å²) in [5.41, 5.74) is -0.222. The Morgan fingerprint density at radius 3 is 2.34 bits per heavy atom. The minimum absolute atomic E-state index is 0.0306. The van der Waals surface area contributed by atoms with E-state index in [2.05, 4.69) is 11.4 Å². The zero-order valence-electron chi connectivity index (χ0n) is 21.2. The summed E-state index contributed by atoms with van der Waals surface area (Å²) in [7, 11) is -3.76. The molecule has 3 aliphatic rings. The van der Waals surface area contributed by atoms with E-state index in [1.54, 1.807) is 0 Å². The first-order valence-corrected chi connectivity index (χ1v) is 14.3. The molecule has 208 valence electrons. The second-order valence-electron chi connectivity index (χ2n) is 10.1. The predicted octanol–water partition coefficient (Wildman–Crippen LogP) is 2.68. The van der Waals surface area contributed by atoms with Crippen molar-refractivity contribution in [2.24, 2.45) is 11.8 Å². The van der Waals surface area contributed by atoms with E-state index in [-0.39, 0.29) is 37.4 Å². The molecular weight excluding hydrogens is 523 g/mol. The van der Waals surface area contributed by atoms with Gasteiger partial charge >= 0.3 is 6.18 Å². The molecule has 1 N–H and O–H groups in total. The maximum atomic E-state index is 13.5. The molecule has 0 bridgehead atoms. The number of rotatable bonds is 7. The Morgan fingerprint density at radius 2 is 1.74 bits per heavy atom. The quantitative estimate of drug-likeness (QED) is 0.556. The lowest BCUT2D eigenvalue weighted by atomic mass is 9.97. The van der Waals surface area contributed by atoms with Crippen LogP contribution >= 0.6 is 0 Å². The minimum Gasteiger partial charge on any atom is -0.348 e. The highest BCUT2D eigenvalue weighted by molar-refractivity contribution is 7.86. The molecule has 9 nitrogen and oxygen atoms in total. The van der Waals surface area contributed by atoms with Crippen LogP contribution in [-0.4, -0.2) is 72.5 Å². The summed E-state index contributed by atoms with van der Waals surface area (Å²) < 4.78 is 67.2. The first kappa shape index (κ1) is 28.3. The molecule has 3 saturated heterocycles. The number of hydrogen-bond acceptors (Lipinski definition) is 5. The fourth-order valence-electron chi connectivity index (χ4n) is 5.36. The van der Waals surface area contributed by atoms with Gasteiger partial charge in [-0.25, -0.2) is 0 Å². The number of halogens is 3. The van der Waals surface area contributed by atoms with E-state index in [1.165, 1.54) is 25.6 Å². The molecule has 0 radical (unpaired) electrons. The smallest absolute Gasteiger partial charge is 0.348 e. The summed E-state index contributed by atoms with van der Waals surface area (Å²) in [6.45, 7) is 2.83. The van der Waals surface area contributed by atoms with Crippen LogP contribution in [0, 0.1) is 23.2 Å². The second-order valence-corrected chi connectivity index (χ2v) is 12.1. The zero-order chi connectivity index (χ0) is 27.7. The Morgan fingerprint density at radius 1 is 1.08 bits per heavy atom. The van der Waals surface area contributed by atoms with E-state index < -0.39 is 40.0 Å². The summed E-state index contributed by atoms with van der Waals surface area (Å²) in [5.74, 6) is -1.52. The first-order valence-electron chi connectivity index (χ1n) is 12.9. The van der Waals surface area contributed by atoms with Crippen molar-refractivity contribution in [1.82, 2.24) is 18.8 Å². The van der Waals surface area contributed by atoms with Gasteiger partial charge in [0.2, 0.25) is 11.8 Å². The van der Waals surface area contributed by atoms with Gasteiger partial charge in [-0.05, 0) is 49.8 Å². The summed E-state index contributed by atoms with van der Waals surface area (Å²) in [6.07, 6.45) is -1.88. The number of nitriles is 1. The number of nitrogens with one attached hydrogen (secondary N) is 1. The van der Waals surface area contributed by atoms with E-state index in [0.717, 1.165) is 12.1 Å². The van der Waals surface area contributed by atoms with Crippen molar-refractivity contribution in [2.45, 2.75) is 57.3 Å². The van der Waals surface area contributed by atoms with Crippen molar-refractivity contribution >= 4 is 22.0 Å². The Kier molecular flexibility index (Phi) is 8.34. The fraction of sp³-hybridized carbons (Fsp3) is 0.640. The number of amides is 2. The van der Waals surface area contributed by atoms with Crippen LogP contribution in [-0.2, 0) is 26.0 Å². The Hall–Kier alpha value is -2.69. The molecule has 38 heavy (non-hydrogen) atoms. The van der Waals surface area contributed by atoms with Crippen molar-refractivity contribution in [2.75, 3.05) is 32.7 Å². The van der Waals surface area contributed by atoms with Crippen LogP contribution in [0.4, 0.5) is 13.2 Å². The van der Waals surface area contributed by atoms with Gasteiger partial charge in [-0.2, -0.15) is 35.5 Å². The predicted molar refractivity (Wildman–Crippen MR) is 131 cm³/mol. The van der Waals surface area contributed by atoms with Crippen molar-refractivity contribution in [3.63, 3.8) is 0 Å². The maximum absolute atomic E-state index is 13.5. The number of carbonyl (C=O) groups excluding carboxylic acids is 2. The van der Waals surface area contributed by atoms with Gasteiger partial charge in [-0.15, -0.1) is 0 Å². The molecule has 0 aromatic heterocycles. The molecule has 3 fully saturated rings. The fourth-order valence-corrected chi connectivity index (χ4v) is 7.15. The molecule has 13 heteroatoms. The monoisotopic (exact) mass is 555 g/mol. The van der Waals surface area contributed by atoms with Gasteiger partial charge < -0.3 is 10.2 Å². The molecule has 0 spiro atoms. The van der Waals surface area contributed by atoms with Gasteiger partial charge in [-0.1, -0.05) is 19.1 Å². The average Bonchev–Trinajstić information content (AvgIpc) is 3.36. The number of alkyl halides is 3. The number of piperidine rings is 1. The van der Waals surface area contributed by atoms with Crippen LogP contribution in [0.5, 0.6) is 0 Å². The topological polar surface area (TPSA) is 114 Å². The van der Waals surface area contributed by atoms with Gasteiger partial charge in [0.25, 0.3) is 10.2 Å². The number of likely N-dealkylation sites (tertiary alicyclic amines) is 1. The van der Waals surface area contributed by atoms with E-state index in [0.29, 0.717) is 50.8 Å².